The number of nitrogens with one attached hydrogen (secondary N) is 1. The Morgan fingerprint density at radius 1 is 1.10 bits per heavy atom. The molecule has 2 aromatic carbocycles. The minimum absolute atomic E-state index is 0.108. The third-order valence-corrected chi connectivity index (χ3v) is 3.41. The molecule has 0 aromatic heterocycles. The van der Waals surface area contributed by atoms with Crippen LogP contribution in [0.25, 0.3) is 0 Å². The number of rotatable bonds is 5. The van der Waals surface area contributed by atoms with Gasteiger partial charge < -0.3 is 20.3 Å². The van der Waals surface area contributed by atoms with Crippen molar-refractivity contribution >= 4 is 28.9 Å². The summed E-state index contributed by atoms with van der Waals surface area (Å²) in [6.07, 6.45) is 0. The Morgan fingerprint density at radius 3 is 2.38 bits per heavy atom. The summed E-state index contributed by atoms with van der Waals surface area (Å²) >= 11 is 11.7. The van der Waals surface area contributed by atoms with E-state index < -0.39 is 0 Å². The van der Waals surface area contributed by atoms with Crippen molar-refractivity contribution in [3.05, 3.63) is 45.9 Å². The molecule has 0 aliphatic carbocycles. The lowest BCUT2D eigenvalue weighted by molar-refractivity contribution is 0.318. The number of halogens is 2. The summed E-state index contributed by atoms with van der Waals surface area (Å²) in [5, 5.41) is 22.7. The van der Waals surface area contributed by atoms with Crippen molar-refractivity contribution in [1.82, 2.24) is 0 Å². The van der Waals surface area contributed by atoms with E-state index in [4.69, 9.17) is 27.9 Å². The monoisotopic (exact) mass is 327 g/mol. The standard InChI is InChI=1S/C15H15Cl2NO3/c1-2-21-14-5-9(3-4-13(14)19)8-18-10-6-11(16)15(20)12(17)7-10/h3-7,18-20H,2,8H2,1H3. The van der Waals surface area contributed by atoms with Crippen LogP contribution < -0.4 is 10.1 Å². The molecule has 21 heavy (non-hydrogen) atoms. The van der Waals surface area contributed by atoms with Gasteiger partial charge in [0.1, 0.15) is 0 Å². The van der Waals surface area contributed by atoms with Crippen LogP contribution in [0, 0.1) is 0 Å². The van der Waals surface area contributed by atoms with Gasteiger partial charge in [0.2, 0.25) is 0 Å². The molecule has 0 spiro atoms. The number of aromatic hydroxyl groups is 2. The average molecular weight is 328 g/mol. The first-order valence-electron chi connectivity index (χ1n) is 6.37. The van der Waals surface area contributed by atoms with Crippen LogP contribution in [0.4, 0.5) is 5.69 Å². The summed E-state index contributed by atoms with van der Waals surface area (Å²) in [6.45, 7) is 2.83. The summed E-state index contributed by atoms with van der Waals surface area (Å²) in [5.74, 6) is 0.419. The lowest BCUT2D eigenvalue weighted by atomic mass is 10.2. The quantitative estimate of drug-likeness (QED) is 0.711. The third kappa shape index (κ3) is 3.86. The smallest absolute Gasteiger partial charge is 0.161 e. The number of hydrogen-bond acceptors (Lipinski definition) is 4. The van der Waals surface area contributed by atoms with Crippen LogP contribution in [-0.4, -0.2) is 16.8 Å². The second-order valence-corrected chi connectivity index (χ2v) is 5.19. The van der Waals surface area contributed by atoms with Gasteiger partial charge in [-0.25, -0.2) is 0 Å². The predicted octanol–water partition coefficient (Wildman–Crippen LogP) is 4.42. The lowest BCUT2D eigenvalue weighted by Gasteiger charge is -2.11. The van der Waals surface area contributed by atoms with E-state index in [-0.39, 0.29) is 21.5 Å². The molecule has 0 atom stereocenters. The summed E-state index contributed by atoms with van der Waals surface area (Å²) in [6, 6.07) is 8.31. The molecule has 0 radical (unpaired) electrons. The van der Waals surface area contributed by atoms with E-state index in [9.17, 15) is 10.2 Å². The van der Waals surface area contributed by atoms with Gasteiger partial charge in [0.15, 0.2) is 17.2 Å². The maximum Gasteiger partial charge on any atom is 0.161 e. The normalized spacial score (nSPS) is 10.4. The van der Waals surface area contributed by atoms with Crippen molar-refractivity contribution in [1.29, 1.82) is 0 Å². The predicted molar refractivity (Wildman–Crippen MR) is 84.7 cm³/mol. The molecule has 6 heteroatoms. The van der Waals surface area contributed by atoms with E-state index in [0.717, 1.165) is 5.56 Å². The zero-order valence-electron chi connectivity index (χ0n) is 11.4. The van der Waals surface area contributed by atoms with Gasteiger partial charge in [0, 0.05) is 12.2 Å². The van der Waals surface area contributed by atoms with Crippen molar-refractivity contribution in [2.45, 2.75) is 13.5 Å². The van der Waals surface area contributed by atoms with Crippen LogP contribution in [0.5, 0.6) is 17.2 Å². The third-order valence-electron chi connectivity index (χ3n) is 2.84. The van der Waals surface area contributed by atoms with E-state index >= 15 is 0 Å². The van der Waals surface area contributed by atoms with Crippen LogP contribution >= 0.6 is 23.2 Å². The maximum absolute atomic E-state index is 9.65. The number of ether oxygens (including phenoxy) is 1. The molecule has 2 aromatic rings. The molecule has 3 N–H and O–H groups in total. The molecule has 2 rings (SSSR count). The van der Waals surface area contributed by atoms with Crippen molar-refractivity contribution < 1.29 is 14.9 Å². The van der Waals surface area contributed by atoms with E-state index in [1.165, 1.54) is 0 Å². The Balaban J connectivity index is 2.11. The van der Waals surface area contributed by atoms with Gasteiger partial charge in [-0.2, -0.15) is 0 Å². The molecule has 0 heterocycles. The molecular weight excluding hydrogens is 313 g/mol. The highest BCUT2D eigenvalue weighted by atomic mass is 35.5. The molecular formula is C15H15Cl2NO3. The Bertz CT molecular complexity index is 624. The van der Waals surface area contributed by atoms with E-state index in [2.05, 4.69) is 5.32 Å². The highest BCUT2D eigenvalue weighted by molar-refractivity contribution is 6.37. The van der Waals surface area contributed by atoms with Gasteiger partial charge in [-0.05, 0) is 36.8 Å². The molecule has 4 nitrogen and oxygen atoms in total. The molecule has 0 fully saturated rings. The number of phenols is 2. The van der Waals surface area contributed by atoms with Gasteiger partial charge in [0.05, 0.1) is 16.7 Å². The van der Waals surface area contributed by atoms with Gasteiger partial charge >= 0.3 is 0 Å². The minimum atomic E-state index is -0.132. The molecule has 112 valence electrons. The van der Waals surface area contributed by atoms with Crippen LogP contribution in [0.15, 0.2) is 30.3 Å². The fourth-order valence-corrected chi connectivity index (χ4v) is 2.30. The first-order chi connectivity index (χ1) is 10.0. The number of anilines is 1. The zero-order valence-corrected chi connectivity index (χ0v) is 12.9. The first-order valence-corrected chi connectivity index (χ1v) is 7.13. The van der Waals surface area contributed by atoms with E-state index in [0.29, 0.717) is 24.6 Å². The van der Waals surface area contributed by atoms with Gasteiger partial charge in [0.25, 0.3) is 0 Å². The number of hydrogen-bond donors (Lipinski definition) is 3. The largest absolute Gasteiger partial charge is 0.505 e. The Labute approximate surface area is 132 Å². The maximum atomic E-state index is 9.65. The average Bonchev–Trinajstić information content (AvgIpc) is 2.45. The van der Waals surface area contributed by atoms with Crippen molar-refractivity contribution in [3.8, 4) is 17.2 Å². The van der Waals surface area contributed by atoms with Gasteiger partial charge in [-0.3, -0.25) is 0 Å². The SMILES string of the molecule is CCOc1cc(CNc2cc(Cl)c(O)c(Cl)c2)ccc1O. The zero-order chi connectivity index (χ0) is 15.4. The molecule has 0 amide bonds. The second-order valence-electron chi connectivity index (χ2n) is 4.38. The topological polar surface area (TPSA) is 61.7 Å². The van der Waals surface area contributed by atoms with Crippen molar-refractivity contribution in [2.75, 3.05) is 11.9 Å². The molecule has 0 saturated heterocycles. The second kappa shape index (κ2) is 6.78. The highest BCUT2D eigenvalue weighted by Crippen LogP contribution is 2.35. The van der Waals surface area contributed by atoms with Crippen LogP contribution in [0.1, 0.15) is 12.5 Å². The van der Waals surface area contributed by atoms with Crippen LogP contribution in [-0.2, 0) is 6.54 Å². The fourth-order valence-electron chi connectivity index (χ4n) is 1.81. The lowest BCUT2D eigenvalue weighted by Crippen LogP contribution is -2.00. The van der Waals surface area contributed by atoms with Crippen molar-refractivity contribution in [2.24, 2.45) is 0 Å². The summed E-state index contributed by atoms with van der Waals surface area (Å²) in [5.41, 5.74) is 1.62. The Morgan fingerprint density at radius 2 is 1.76 bits per heavy atom. The van der Waals surface area contributed by atoms with Gasteiger partial charge in [-0.15, -0.1) is 0 Å². The Kier molecular flexibility index (Phi) is 5.04. The van der Waals surface area contributed by atoms with E-state index in [1.807, 2.05) is 6.92 Å². The van der Waals surface area contributed by atoms with E-state index in [1.54, 1.807) is 30.3 Å². The summed E-state index contributed by atoms with van der Waals surface area (Å²) in [7, 11) is 0. The minimum Gasteiger partial charge on any atom is -0.505 e. The summed E-state index contributed by atoms with van der Waals surface area (Å²) < 4.78 is 5.33. The van der Waals surface area contributed by atoms with Gasteiger partial charge in [-0.1, -0.05) is 29.3 Å². The molecule has 0 aliphatic heterocycles. The first kappa shape index (κ1) is 15.6. The molecule has 0 aliphatic rings. The number of benzene rings is 2. The van der Waals surface area contributed by atoms with Crippen LogP contribution in [0.2, 0.25) is 10.0 Å². The fraction of sp³-hybridized carbons (Fsp3) is 0.200. The molecule has 0 unspecified atom stereocenters. The highest BCUT2D eigenvalue weighted by Gasteiger charge is 2.07. The summed E-state index contributed by atoms with van der Waals surface area (Å²) in [4.78, 5) is 0. The Hall–Kier alpha value is -1.78. The van der Waals surface area contributed by atoms with Crippen LogP contribution in [0.3, 0.4) is 0 Å². The number of phenolic OH excluding ortho intramolecular Hbond substituents is 2. The molecule has 0 saturated carbocycles. The molecule has 0 bridgehead atoms. The van der Waals surface area contributed by atoms with Crippen molar-refractivity contribution in [3.63, 3.8) is 0 Å².